The van der Waals surface area contributed by atoms with Gasteiger partial charge in [0.05, 0.1) is 5.03 Å². The van der Waals surface area contributed by atoms with Crippen molar-refractivity contribution < 1.29 is 0 Å². The summed E-state index contributed by atoms with van der Waals surface area (Å²) in [7, 11) is 0. The SMILES string of the molecule is CCCNC1CCCCCCC1Sc1ccccn1. The molecule has 19 heavy (non-hydrogen) atoms. The van der Waals surface area contributed by atoms with Gasteiger partial charge in [0.2, 0.25) is 0 Å². The second-order valence-electron chi connectivity index (χ2n) is 5.38. The fourth-order valence-electron chi connectivity index (χ4n) is 2.73. The number of nitrogens with zero attached hydrogens (tertiary/aromatic N) is 1. The molecule has 0 amide bonds. The van der Waals surface area contributed by atoms with Crippen LogP contribution < -0.4 is 5.32 Å². The Balaban J connectivity index is 1.98. The molecule has 1 fully saturated rings. The number of hydrogen-bond acceptors (Lipinski definition) is 3. The molecule has 0 radical (unpaired) electrons. The summed E-state index contributed by atoms with van der Waals surface area (Å²) in [5, 5.41) is 5.62. The fourth-order valence-corrected chi connectivity index (χ4v) is 4.00. The molecule has 1 N–H and O–H groups in total. The lowest BCUT2D eigenvalue weighted by molar-refractivity contribution is 0.400. The lowest BCUT2D eigenvalue weighted by Gasteiger charge is -2.29. The zero-order valence-electron chi connectivity index (χ0n) is 12.0. The van der Waals surface area contributed by atoms with Crippen molar-refractivity contribution in [1.29, 1.82) is 0 Å². The van der Waals surface area contributed by atoms with Crippen molar-refractivity contribution in [2.24, 2.45) is 0 Å². The Bertz CT molecular complexity index is 340. The zero-order valence-corrected chi connectivity index (χ0v) is 12.8. The summed E-state index contributed by atoms with van der Waals surface area (Å²) in [6.07, 6.45) is 11.3. The molecule has 2 rings (SSSR count). The predicted molar refractivity (Wildman–Crippen MR) is 83.7 cm³/mol. The minimum atomic E-state index is 0.659. The third-order valence-electron chi connectivity index (χ3n) is 3.77. The summed E-state index contributed by atoms with van der Waals surface area (Å²) >= 11 is 1.97. The van der Waals surface area contributed by atoms with Gasteiger partial charge < -0.3 is 5.32 Å². The second-order valence-corrected chi connectivity index (χ2v) is 6.64. The van der Waals surface area contributed by atoms with Gasteiger partial charge in [-0.1, -0.05) is 38.7 Å². The smallest absolute Gasteiger partial charge is 0.0963 e. The van der Waals surface area contributed by atoms with Gasteiger partial charge in [0.15, 0.2) is 0 Å². The van der Waals surface area contributed by atoms with Crippen LogP contribution in [0.3, 0.4) is 0 Å². The third kappa shape index (κ3) is 5.15. The van der Waals surface area contributed by atoms with E-state index in [2.05, 4.69) is 29.4 Å². The van der Waals surface area contributed by atoms with Crippen LogP contribution in [-0.2, 0) is 0 Å². The van der Waals surface area contributed by atoms with Gasteiger partial charge in [0.25, 0.3) is 0 Å². The first-order chi connectivity index (χ1) is 9.40. The van der Waals surface area contributed by atoms with Crippen LogP contribution in [0.25, 0.3) is 0 Å². The van der Waals surface area contributed by atoms with Gasteiger partial charge in [0.1, 0.15) is 0 Å². The number of aromatic nitrogens is 1. The van der Waals surface area contributed by atoms with Crippen molar-refractivity contribution in [2.75, 3.05) is 6.54 Å². The summed E-state index contributed by atoms with van der Waals surface area (Å²) in [4.78, 5) is 4.48. The monoisotopic (exact) mass is 278 g/mol. The van der Waals surface area contributed by atoms with E-state index in [0.717, 1.165) is 6.54 Å². The molecule has 2 nitrogen and oxygen atoms in total. The number of hydrogen-bond donors (Lipinski definition) is 1. The van der Waals surface area contributed by atoms with Crippen molar-refractivity contribution in [3.05, 3.63) is 24.4 Å². The molecule has 1 aliphatic rings. The molecule has 2 unspecified atom stereocenters. The average Bonchev–Trinajstić information content (AvgIpc) is 2.43. The quantitative estimate of drug-likeness (QED) is 0.871. The van der Waals surface area contributed by atoms with Gasteiger partial charge in [-0.05, 0) is 37.9 Å². The summed E-state index contributed by atoms with van der Waals surface area (Å²) in [6.45, 7) is 3.39. The number of pyridine rings is 1. The fraction of sp³-hybridized carbons (Fsp3) is 0.688. The number of thioether (sulfide) groups is 1. The largest absolute Gasteiger partial charge is 0.313 e. The van der Waals surface area contributed by atoms with Crippen LogP contribution in [0.2, 0.25) is 0 Å². The van der Waals surface area contributed by atoms with E-state index in [4.69, 9.17) is 0 Å². The number of nitrogens with one attached hydrogen (secondary N) is 1. The van der Waals surface area contributed by atoms with Crippen LogP contribution >= 0.6 is 11.8 Å². The van der Waals surface area contributed by atoms with Crippen LogP contribution in [0, 0.1) is 0 Å². The Kier molecular flexibility index (Phi) is 6.72. The number of rotatable bonds is 5. The van der Waals surface area contributed by atoms with Crippen LogP contribution in [0.5, 0.6) is 0 Å². The highest BCUT2D eigenvalue weighted by atomic mass is 32.2. The maximum atomic E-state index is 4.48. The van der Waals surface area contributed by atoms with Crippen molar-refractivity contribution in [3.63, 3.8) is 0 Å². The van der Waals surface area contributed by atoms with E-state index < -0.39 is 0 Å². The van der Waals surface area contributed by atoms with E-state index in [0.29, 0.717) is 11.3 Å². The average molecular weight is 278 g/mol. The minimum absolute atomic E-state index is 0.659. The lowest BCUT2D eigenvalue weighted by Crippen LogP contribution is -2.39. The highest BCUT2D eigenvalue weighted by Gasteiger charge is 2.23. The Morgan fingerprint density at radius 3 is 2.79 bits per heavy atom. The van der Waals surface area contributed by atoms with Gasteiger partial charge >= 0.3 is 0 Å². The maximum Gasteiger partial charge on any atom is 0.0963 e. The molecule has 1 aromatic heterocycles. The molecule has 2 atom stereocenters. The molecule has 0 bridgehead atoms. The van der Waals surface area contributed by atoms with E-state index in [9.17, 15) is 0 Å². The van der Waals surface area contributed by atoms with E-state index in [1.807, 2.05) is 24.0 Å². The van der Waals surface area contributed by atoms with Gasteiger partial charge in [0, 0.05) is 17.5 Å². The second kappa shape index (κ2) is 8.60. The highest BCUT2D eigenvalue weighted by Crippen LogP contribution is 2.31. The molecule has 1 saturated carbocycles. The predicted octanol–water partition coefficient (Wildman–Crippen LogP) is 4.26. The molecule has 0 spiro atoms. The molecule has 0 aromatic carbocycles. The molecule has 106 valence electrons. The first kappa shape index (κ1) is 14.9. The molecule has 1 aromatic rings. The minimum Gasteiger partial charge on any atom is -0.313 e. The van der Waals surface area contributed by atoms with Gasteiger partial charge in [-0.3, -0.25) is 0 Å². The van der Waals surface area contributed by atoms with E-state index in [1.165, 1.54) is 50.0 Å². The molecule has 1 heterocycles. The molecule has 0 aliphatic heterocycles. The Labute approximate surface area is 121 Å². The van der Waals surface area contributed by atoms with Crippen molar-refractivity contribution >= 4 is 11.8 Å². The first-order valence-corrected chi connectivity index (χ1v) is 8.59. The Morgan fingerprint density at radius 1 is 1.21 bits per heavy atom. The van der Waals surface area contributed by atoms with Gasteiger partial charge in [-0.25, -0.2) is 4.98 Å². The van der Waals surface area contributed by atoms with E-state index in [1.54, 1.807) is 0 Å². The maximum absolute atomic E-state index is 4.48. The standard InChI is InChI=1S/C16H26N2S/c1-2-12-17-14-9-5-3-4-6-10-15(14)19-16-11-7-8-13-18-16/h7-8,11,13-15,17H,2-6,9-10,12H2,1H3. The van der Waals surface area contributed by atoms with E-state index >= 15 is 0 Å². The summed E-state index contributed by atoms with van der Waals surface area (Å²) < 4.78 is 0. The summed E-state index contributed by atoms with van der Waals surface area (Å²) in [5.74, 6) is 0. The summed E-state index contributed by atoms with van der Waals surface area (Å²) in [5.41, 5.74) is 0. The Morgan fingerprint density at radius 2 is 2.05 bits per heavy atom. The zero-order chi connectivity index (χ0) is 13.3. The normalized spacial score (nSPS) is 24.7. The van der Waals surface area contributed by atoms with Crippen LogP contribution in [-0.4, -0.2) is 22.8 Å². The van der Waals surface area contributed by atoms with Crippen LogP contribution in [0.1, 0.15) is 51.9 Å². The summed E-state index contributed by atoms with van der Waals surface area (Å²) in [6, 6.07) is 6.88. The third-order valence-corrected chi connectivity index (χ3v) is 5.12. The molecule has 3 heteroatoms. The Hall–Kier alpha value is -0.540. The topological polar surface area (TPSA) is 24.9 Å². The van der Waals surface area contributed by atoms with Crippen molar-refractivity contribution in [1.82, 2.24) is 10.3 Å². The van der Waals surface area contributed by atoms with Gasteiger partial charge in [-0.2, -0.15) is 0 Å². The molecule has 0 saturated heterocycles. The van der Waals surface area contributed by atoms with Crippen LogP contribution in [0.4, 0.5) is 0 Å². The van der Waals surface area contributed by atoms with Crippen LogP contribution in [0.15, 0.2) is 29.4 Å². The van der Waals surface area contributed by atoms with Crippen molar-refractivity contribution in [3.8, 4) is 0 Å². The van der Waals surface area contributed by atoms with Gasteiger partial charge in [-0.15, -0.1) is 11.8 Å². The van der Waals surface area contributed by atoms with Crippen molar-refractivity contribution in [2.45, 2.75) is 68.2 Å². The molecular weight excluding hydrogens is 252 g/mol. The highest BCUT2D eigenvalue weighted by molar-refractivity contribution is 7.99. The first-order valence-electron chi connectivity index (χ1n) is 7.71. The lowest BCUT2D eigenvalue weighted by atomic mass is 9.96. The molecular formula is C16H26N2S. The van der Waals surface area contributed by atoms with E-state index in [-0.39, 0.29) is 0 Å². The molecule has 1 aliphatic carbocycles.